The summed E-state index contributed by atoms with van der Waals surface area (Å²) in [4.78, 5) is 8.84. The number of hydrogen-bond acceptors (Lipinski definition) is 4. The molecule has 7 heteroatoms. The van der Waals surface area contributed by atoms with E-state index in [1.165, 1.54) is 23.0 Å². The van der Waals surface area contributed by atoms with Gasteiger partial charge in [-0.25, -0.2) is 13.4 Å². The zero-order chi connectivity index (χ0) is 21.3. The van der Waals surface area contributed by atoms with E-state index in [1.54, 1.807) is 22.1 Å². The van der Waals surface area contributed by atoms with E-state index < -0.39 is 10.0 Å². The van der Waals surface area contributed by atoms with E-state index in [1.807, 2.05) is 6.92 Å². The van der Waals surface area contributed by atoms with Gasteiger partial charge in [0, 0.05) is 43.6 Å². The fraction of sp³-hybridized carbons (Fsp3) is 0.391. The maximum Gasteiger partial charge on any atom is 0.262 e. The van der Waals surface area contributed by atoms with Gasteiger partial charge in [0.15, 0.2) is 5.03 Å². The Morgan fingerprint density at radius 1 is 1.17 bits per heavy atom. The van der Waals surface area contributed by atoms with Crippen LogP contribution >= 0.6 is 0 Å². The molecule has 0 bridgehead atoms. The number of aryl methyl sites for hydroxylation is 3. The van der Waals surface area contributed by atoms with Gasteiger partial charge in [0.05, 0.1) is 6.33 Å². The van der Waals surface area contributed by atoms with Crippen molar-refractivity contribution in [1.82, 2.24) is 18.8 Å². The molecule has 1 aliphatic rings. The van der Waals surface area contributed by atoms with E-state index in [2.05, 4.69) is 48.3 Å². The second-order valence-electron chi connectivity index (χ2n) is 8.22. The average molecular weight is 425 g/mol. The van der Waals surface area contributed by atoms with Crippen LogP contribution in [-0.2, 0) is 23.5 Å². The Balaban J connectivity index is 1.58. The third-order valence-corrected chi connectivity index (χ3v) is 7.53. The van der Waals surface area contributed by atoms with Crippen LogP contribution in [0.2, 0.25) is 0 Å². The highest BCUT2D eigenvalue weighted by Gasteiger charge is 2.33. The Bertz CT molecular complexity index is 1150. The highest BCUT2D eigenvalue weighted by molar-refractivity contribution is 7.89. The summed E-state index contributed by atoms with van der Waals surface area (Å²) in [6.07, 6.45) is 5.69. The second-order valence-corrected chi connectivity index (χ2v) is 10.1. The molecule has 1 saturated heterocycles. The number of rotatable bonds is 5. The Morgan fingerprint density at radius 2 is 1.97 bits per heavy atom. The number of pyridine rings is 1. The van der Waals surface area contributed by atoms with Crippen molar-refractivity contribution in [2.75, 3.05) is 13.1 Å². The van der Waals surface area contributed by atoms with Gasteiger partial charge in [0.25, 0.3) is 10.0 Å². The molecule has 1 atom stereocenters. The summed E-state index contributed by atoms with van der Waals surface area (Å²) in [5.74, 6) is 0.0905. The molecule has 1 aliphatic heterocycles. The quantitative estimate of drug-likeness (QED) is 0.628. The van der Waals surface area contributed by atoms with Gasteiger partial charge in [-0.1, -0.05) is 24.3 Å². The largest absolute Gasteiger partial charge is 0.339 e. The molecule has 158 valence electrons. The molecule has 3 aromatic rings. The minimum atomic E-state index is -3.58. The number of imidazole rings is 1. The first kappa shape index (κ1) is 20.8. The Hall–Kier alpha value is -2.51. The molecule has 30 heavy (non-hydrogen) atoms. The summed E-state index contributed by atoms with van der Waals surface area (Å²) in [5, 5.41) is 0.114. The van der Waals surface area contributed by atoms with Crippen molar-refractivity contribution in [3.8, 4) is 0 Å². The van der Waals surface area contributed by atoms with Crippen LogP contribution in [0, 0.1) is 13.8 Å². The number of hydrogen-bond donors (Lipinski definition) is 0. The van der Waals surface area contributed by atoms with Gasteiger partial charge in [-0.05, 0) is 61.9 Å². The van der Waals surface area contributed by atoms with Gasteiger partial charge < -0.3 is 4.57 Å². The van der Waals surface area contributed by atoms with Gasteiger partial charge >= 0.3 is 0 Å². The summed E-state index contributed by atoms with van der Waals surface area (Å²) < 4.78 is 29.3. The SMILES string of the molecule is Cc1cc(Cc2ccccc2C)cc([C@@H]2CCCN(S(=O)(=O)c3cn(C)cn3)C2)n1. The predicted octanol–water partition coefficient (Wildman–Crippen LogP) is 3.59. The lowest BCUT2D eigenvalue weighted by Crippen LogP contribution is -2.39. The van der Waals surface area contributed by atoms with Gasteiger partial charge in [-0.15, -0.1) is 0 Å². The molecule has 0 saturated carbocycles. The summed E-state index contributed by atoms with van der Waals surface area (Å²) >= 11 is 0. The molecule has 0 aliphatic carbocycles. The third kappa shape index (κ3) is 4.32. The van der Waals surface area contributed by atoms with Gasteiger partial charge in [0.1, 0.15) is 0 Å². The Morgan fingerprint density at radius 3 is 2.70 bits per heavy atom. The molecule has 6 nitrogen and oxygen atoms in total. The zero-order valence-corrected chi connectivity index (χ0v) is 18.6. The summed E-state index contributed by atoms with van der Waals surface area (Å²) in [5.41, 5.74) is 5.76. The van der Waals surface area contributed by atoms with Gasteiger partial charge in [-0.3, -0.25) is 4.98 Å². The fourth-order valence-corrected chi connectivity index (χ4v) is 5.65. The van der Waals surface area contributed by atoms with Crippen LogP contribution in [0.4, 0.5) is 0 Å². The number of aromatic nitrogens is 3. The van der Waals surface area contributed by atoms with E-state index in [-0.39, 0.29) is 10.9 Å². The van der Waals surface area contributed by atoms with Crippen LogP contribution in [0.1, 0.15) is 46.8 Å². The molecule has 2 aromatic heterocycles. The molecule has 3 heterocycles. The van der Waals surface area contributed by atoms with Crippen LogP contribution in [0.3, 0.4) is 0 Å². The molecule has 0 N–H and O–H groups in total. The molecule has 1 fully saturated rings. The van der Waals surface area contributed by atoms with Crippen molar-refractivity contribution in [1.29, 1.82) is 0 Å². The van der Waals surface area contributed by atoms with E-state index in [4.69, 9.17) is 4.98 Å². The van der Waals surface area contributed by atoms with E-state index in [9.17, 15) is 8.42 Å². The monoisotopic (exact) mass is 424 g/mol. The minimum absolute atomic E-state index is 0.0905. The third-order valence-electron chi connectivity index (χ3n) is 5.78. The number of benzene rings is 1. The van der Waals surface area contributed by atoms with Crippen molar-refractivity contribution in [3.05, 3.63) is 77.0 Å². The topological polar surface area (TPSA) is 68.1 Å². The first-order valence-corrected chi connectivity index (χ1v) is 11.8. The van der Waals surface area contributed by atoms with Crippen molar-refractivity contribution < 1.29 is 8.42 Å². The molecule has 0 spiro atoms. The predicted molar refractivity (Wildman–Crippen MR) is 117 cm³/mol. The molecule has 1 aromatic carbocycles. The smallest absolute Gasteiger partial charge is 0.262 e. The minimum Gasteiger partial charge on any atom is -0.339 e. The maximum atomic E-state index is 13.0. The van der Waals surface area contributed by atoms with Crippen LogP contribution in [-0.4, -0.2) is 40.3 Å². The second kappa shape index (κ2) is 8.32. The van der Waals surface area contributed by atoms with Crippen LogP contribution in [0.25, 0.3) is 0 Å². The number of sulfonamides is 1. The van der Waals surface area contributed by atoms with E-state index in [0.29, 0.717) is 13.1 Å². The van der Waals surface area contributed by atoms with Crippen LogP contribution in [0.5, 0.6) is 0 Å². The normalized spacial score (nSPS) is 17.9. The number of piperidine rings is 1. The lowest BCUT2D eigenvalue weighted by Gasteiger charge is -2.31. The molecule has 0 radical (unpaired) electrons. The zero-order valence-electron chi connectivity index (χ0n) is 17.7. The molecule has 4 rings (SSSR count). The highest BCUT2D eigenvalue weighted by Crippen LogP contribution is 2.30. The first-order valence-electron chi connectivity index (χ1n) is 10.3. The molecular weight excluding hydrogens is 396 g/mol. The summed E-state index contributed by atoms with van der Waals surface area (Å²) in [7, 11) is -1.81. The van der Waals surface area contributed by atoms with E-state index >= 15 is 0 Å². The highest BCUT2D eigenvalue weighted by atomic mass is 32.2. The molecule has 0 unspecified atom stereocenters. The van der Waals surface area contributed by atoms with Crippen molar-refractivity contribution in [2.45, 2.75) is 44.1 Å². The van der Waals surface area contributed by atoms with Crippen molar-refractivity contribution in [3.63, 3.8) is 0 Å². The lowest BCUT2D eigenvalue weighted by molar-refractivity contribution is 0.311. The van der Waals surface area contributed by atoms with Crippen molar-refractivity contribution in [2.24, 2.45) is 7.05 Å². The summed E-state index contributed by atoms with van der Waals surface area (Å²) in [6, 6.07) is 12.7. The van der Waals surface area contributed by atoms with Crippen LogP contribution < -0.4 is 0 Å². The Kier molecular flexibility index (Phi) is 5.75. The average Bonchev–Trinajstić information content (AvgIpc) is 3.17. The first-order chi connectivity index (χ1) is 14.3. The standard InChI is InChI=1S/C23H28N4O2S/c1-17-7-4-5-8-20(17)12-19-11-18(2)25-22(13-19)21-9-6-10-27(14-21)30(28,29)23-15-26(3)16-24-23/h4-5,7-8,11,13,15-16,21H,6,9-10,12,14H2,1-3H3/t21-/m1/s1. The lowest BCUT2D eigenvalue weighted by atomic mass is 9.93. The van der Waals surface area contributed by atoms with Crippen molar-refractivity contribution >= 4 is 10.0 Å². The Labute approximate surface area is 178 Å². The number of nitrogens with zero attached hydrogens (tertiary/aromatic N) is 4. The fourth-order valence-electron chi connectivity index (χ4n) is 4.16. The molecular formula is C23H28N4O2S. The van der Waals surface area contributed by atoms with Gasteiger partial charge in [-0.2, -0.15) is 4.31 Å². The summed E-state index contributed by atoms with van der Waals surface area (Å²) in [6.45, 7) is 5.11. The van der Waals surface area contributed by atoms with E-state index in [0.717, 1.165) is 30.7 Å². The maximum absolute atomic E-state index is 13.0. The molecule has 0 amide bonds. The van der Waals surface area contributed by atoms with Gasteiger partial charge in [0.2, 0.25) is 0 Å². The van der Waals surface area contributed by atoms with Crippen LogP contribution in [0.15, 0.2) is 53.9 Å².